The minimum atomic E-state index is -1.50. The molecule has 2 rings (SSSR count). The molecule has 9 heteroatoms. The van der Waals surface area contributed by atoms with Crippen LogP contribution in [-0.4, -0.2) is 47.7 Å². The number of nitrogens with one attached hydrogen (secondary N) is 2. The Morgan fingerprint density at radius 1 is 1.38 bits per heavy atom. The number of anilines is 1. The Bertz CT molecular complexity index is 789. The second-order valence-corrected chi connectivity index (χ2v) is 8.13. The second kappa shape index (κ2) is 8.77. The number of nitro groups is 1. The number of ether oxygens (including phenoxy) is 2. The van der Waals surface area contributed by atoms with E-state index in [4.69, 9.17) is 9.47 Å². The van der Waals surface area contributed by atoms with Crippen LogP contribution < -0.4 is 10.6 Å². The van der Waals surface area contributed by atoms with Gasteiger partial charge in [0.2, 0.25) is 0 Å². The van der Waals surface area contributed by atoms with Gasteiger partial charge in [-0.1, -0.05) is 6.07 Å². The summed E-state index contributed by atoms with van der Waals surface area (Å²) in [7, 11) is 0. The number of aryl methyl sites for hydroxylation is 1. The van der Waals surface area contributed by atoms with Crippen LogP contribution in [0.5, 0.6) is 0 Å². The Kier molecular flexibility index (Phi) is 6.84. The molecule has 1 fully saturated rings. The lowest BCUT2D eigenvalue weighted by molar-refractivity contribution is -0.384. The molecule has 1 heterocycles. The van der Waals surface area contributed by atoms with Gasteiger partial charge >= 0.3 is 11.9 Å². The molecule has 1 aliphatic heterocycles. The van der Waals surface area contributed by atoms with Gasteiger partial charge in [-0.05, 0) is 59.2 Å². The standard InChI is InChI=1S/C20H29N3O6/c1-6-28-17(24)14-12-21-10-9-20(14,18(25)29-19(3,4)5)22-15-8-7-13(2)11-16(15)23(26)27/h7-8,11,14,21-22H,6,9-10,12H2,1-5H3. The highest BCUT2D eigenvalue weighted by molar-refractivity contribution is 5.93. The average Bonchev–Trinajstić information content (AvgIpc) is 2.62. The maximum atomic E-state index is 13.3. The number of rotatable bonds is 6. The van der Waals surface area contributed by atoms with Crippen LogP contribution in [0.3, 0.4) is 0 Å². The summed E-state index contributed by atoms with van der Waals surface area (Å²) >= 11 is 0. The van der Waals surface area contributed by atoms with Crippen molar-refractivity contribution in [1.82, 2.24) is 5.32 Å². The van der Waals surface area contributed by atoms with Gasteiger partial charge in [-0.15, -0.1) is 0 Å². The molecule has 0 aliphatic carbocycles. The summed E-state index contributed by atoms with van der Waals surface area (Å²) in [5.74, 6) is -2.11. The molecule has 1 aromatic rings. The van der Waals surface area contributed by atoms with Gasteiger partial charge in [-0.2, -0.15) is 0 Å². The van der Waals surface area contributed by atoms with Crippen molar-refractivity contribution in [3.8, 4) is 0 Å². The summed E-state index contributed by atoms with van der Waals surface area (Å²) in [5.41, 5.74) is -1.60. The fraction of sp³-hybridized carbons (Fsp3) is 0.600. The van der Waals surface area contributed by atoms with E-state index in [1.807, 2.05) is 0 Å². The summed E-state index contributed by atoms with van der Waals surface area (Å²) in [6.45, 7) is 9.39. The first-order valence-corrected chi connectivity index (χ1v) is 9.64. The van der Waals surface area contributed by atoms with Crippen molar-refractivity contribution in [2.45, 2.75) is 52.2 Å². The van der Waals surface area contributed by atoms with Gasteiger partial charge in [-0.25, -0.2) is 4.79 Å². The number of benzene rings is 1. The van der Waals surface area contributed by atoms with E-state index in [-0.39, 0.29) is 30.9 Å². The summed E-state index contributed by atoms with van der Waals surface area (Å²) in [6, 6.07) is 4.67. The number of nitro benzene ring substituents is 1. The van der Waals surface area contributed by atoms with Crippen LogP contribution in [0.15, 0.2) is 18.2 Å². The molecule has 0 spiro atoms. The molecule has 1 aromatic carbocycles. The summed E-state index contributed by atoms with van der Waals surface area (Å²) in [4.78, 5) is 37.1. The van der Waals surface area contributed by atoms with Crippen LogP contribution in [0, 0.1) is 23.0 Å². The number of piperidine rings is 1. The lowest BCUT2D eigenvalue weighted by Gasteiger charge is -2.43. The molecule has 0 saturated carbocycles. The van der Waals surface area contributed by atoms with E-state index < -0.39 is 33.9 Å². The van der Waals surface area contributed by atoms with E-state index in [9.17, 15) is 19.7 Å². The van der Waals surface area contributed by atoms with Gasteiger partial charge in [0.1, 0.15) is 17.2 Å². The Hall–Kier alpha value is -2.68. The summed E-state index contributed by atoms with van der Waals surface area (Å²) in [6.07, 6.45) is 0.205. The molecule has 2 N–H and O–H groups in total. The van der Waals surface area contributed by atoms with Crippen LogP contribution in [-0.2, 0) is 19.1 Å². The van der Waals surface area contributed by atoms with E-state index in [2.05, 4.69) is 10.6 Å². The average molecular weight is 407 g/mol. The molecule has 0 aromatic heterocycles. The van der Waals surface area contributed by atoms with E-state index >= 15 is 0 Å². The number of carbonyl (C=O) groups is 2. The van der Waals surface area contributed by atoms with Gasteiger partial charge in [0, 0.05) is 12.6 Å². The highest BCUT2D eigenvalue weighted by Crippen LogP contribution is 2.36. The van der Waals surface area contributed by atoms with Gasteiger partial charge in [0.15, 0.2) is 5.54 Å². The lowest BCUT2D eigenvalue weighted by atomic mass is 9.77. The predicted molar refractivity (Wildman–Crippen MR) is 108 cm³/mol. The van der Waals surface area contributed by atoms with Crippen molar-refractivity contribution in [1.29, 1.82) is 0 Å². The smallest absolute Gasteiger partial charge is 0.333 e. The molecule has 2 atom stereocenters. The van der Waals surface area contributed by atoms with Crippen LogP contribution in [0.2, 0.25) is 0 Å². The van der Waals surface area contributed by atoms with E-state index in [1.165, 1.54) is 6.07 Å². The van der Waals surface area contributed by atoms with Gasteiger partial charge in [0.25, 0.3) is 5.69 Å². The van der Waals surface area contributed by atoms with Gasteiger partial charge in [0.05, 0.1) is 11.5 Å². The van der Waals surface area contributed by atoms with Crippen LogP contribution in [0.25, 0.3) is 0 Å². The highest BCUT2D eigenvalue weighted by Gasteiger charge is 2.54. The lowest BCUT2D eigenvalue weighted by Crippen LogP contribution is -2.64. The minimum absolute atomic E-state index is 0.155. The molecule has 2 unspecified atom stereocenters. The molecule has 1 saturated heterocycles. The van der Waals surface area contributed by atoms with Crippen LogP contribution >= 0.6 is 0 Å². The third-order valence-electron chi connectivity index (χ3n) is 4.68. The molecule has 0 radical (unpaired) electrons. The molecule has 0 amide bonds. The SMILES string of the molecule is CCOC(=O)C1CNCCC1(Nc1ccc(C)cc1[N+](=O)[O-])C(=O)OC(C)(C)C. The van der Waals surface area contributed by atoms with Crippen molar-refractivity contribution in [2.75, 3.05) is 25.0 Å². The zero-order chi connectivity index (χ0) is 21.8. The van der Waals surface area contributed by atoms with Gasteiger partial charge < -0.3 is 20.1 Å². The molecule has 29 heavy (non-hydrogen) atoms. The first-order valence-electron chi connectivity index (χ1n) is 9.64. The minimum Gasteiger partial charge on any atom is -0.466 e. The van der Waals surface area contributed by atoms with E-state index in [0.717, 1.165) is 0 Å². The van der Waals surface area contributed by atoms with Crippen LogP contribution in [0.4, 0.5) is 11.4 Å². The number of nitrogens with zero attached hydrogens (tertiary/aromatic N) is 1. The molecule has 9 nitrogen and oxygen atoms in total. The molecular formula is C20H29N3O6. The second-order valence-electron chi connectivity index (χ2n) is 8.13. The van der Waals surface area contributed by atoms with Crippen molar-refractivity contribution < 1.29 is 24.0 Å². The maximum absolute atomic E-state index is 13.3. The summed E-state index contributed by atoms with van der Waals surface area (Å²) < 4.78 is 10.8. The first-order chi connectivity index (χ1) is 13.5. The van der Waals surface area contributed by atoms with Crippen molar-refractivity contribution in [3.05, 3.63) is 33.9 Å². The largest absolute Gasteiger partial charge is 0.466 e. The number of hydrogen-bond donors (Lipinski definition) is 2. The molecular weight excluding hydrogens is 378 g/mol. The Morgan fingerprint density at radius 3 is 2.66 bits per heavy atom. The topological polar surface area (TPSA) is 120 Å². The zero-order valence-corrected chi connectivity index (χ0v) is 17.5. The zero-order valence-electron chi connectivity index (χ0n) is 17.5. The normalized spacial score (nSPS) is 21.9. The van der Waals surface area contributed by atoms with E-state index in [0.29, 0.717) is 12.1 Å². The third-order valence-corrected chi connectivity index (χ3v) is 4.68. The van der Waals surface area contributed by atoms with Crippen molar-refractivity contribution >= 4 is 23.3 Å². The van der Waals surface area contributed by atoms with Crippen molar-refractivity contribution in [3.63, 3.8) is 0 Å². The highest BCUT2D eigenvalue weighted by atomic mass is 16.6. The first kappa shape index (κ1) is 22.6. The number of carbonyl (C=O) groups excluding carboxylic acids is 2. The number of esters is 2. The van der Waals surface area contributed by atoms with Gasteiger partial charge in [-0.3, -0.25) is 14.9 Å². The Labute approximate surface area is 170 Å². The molecule has 1 aliphatic rings. The monoisotopic (exact) mass is 407 g/mol. The fourth-order valence-corrected chi connectivity index (χ4v) is 3.36. The summed E-state index contributed by atoms with van der Waals surface area (Å²) in [5, 5.41) is 17.7. The Balaban J connectivity index is 2.57. The van der Waals surface area contributed by atoms with Crippen molar-refractivity contribution in [2.24, 2.45) is 5.92 Å². The maximum Gasteiger partial charge on any atom is 0.333 e. The molecule has 0 bridgehead atoms. The van der Waals surface area contributed by atoms with E-state index in [1.54, 1.807) is 46.8 Å². The number of hydrogen-bond acceptors (Lipinski definition) is 8. The quantitative estimate of drug-likeness (QED) is 0.419. The fourth-order valence-electron chi connectivity index (χ4n) is 3.36. The predicted octanol–water partition coefficient (Wildman–Crippen LogP) is 2.57. The Morgan fingerprint density at radius 2 is 2.07 bits per heavy atom. The molecule has 160 valence electrons. The van der Waals surface area contributed by atoms with Crippen LogP contribution in [0.1, 0.15) is 39.7 Å². The third kappa shape index (κ3) is 5.23.